The summed E-state index contributed by atoms with van der Waals surface area (Å²) in [6, 6.07) is 17.7. The van der Waals surface area contributed by atoms with Gasteiger partial charge in [0, 0.05) is 26.1 Å². The molecule has 0 saturated heterocycles. The highest BCUT2D eigenvalue weighted by Gasteiger charge is 2.02. The highest BCUT2D eigenvalue weighted by Crippen LogP contribution is 2.05. The van der Waals surface area contributed by atoms with E-state index in [4.69, 9.17) is 0 Å². The van der Waals surface area contributed by atoms with Gasteiger partial charge in [-0.25, -0.2) is 4.79 Å². The van der Waals surface area contributed by atoms with Crippen LogP contribution in [0.3, 0.4) is 0 Å². The van der Waals surface area contributed by atoms with Crippen molar-refractivity contribution in [3.05, 3.63) is 71.3 Å². The molecule has 25 heavy (non-hydrogen) atoms. The summed E-state index contributed by atoms with van der Waals surface area (Å²) in [5.74, 6) is 0.0290. The van der Waals surface area contributed by atoms with Crippen LogP contribution < -0.4 is 16.0 Å². The van der Waals surface area contributed by atoms with Gasteiger partial charge in [-0.15, -0.1) is 0 Å². The third-order valence-electron chi connectivity index (χ3n) is 3.80. The number of rotatable bonds is 8. The van der Waals surface area contributed by atoms with Gasteiger partial charge in [-0.2, -0.15) is 0 Å². The Balaban J connectivity index is 1.71. The standard InChI is InChI=1S/C20H25N3O2/c1-2-19(24)22-14-17-9-6-10-18(13-17)15-23-20(25)21-12-11-16-7-4-3-5-8-16/h3-10,13H,2,11-12,14-15H2,1H3,(H,22,24)(H2,21,23,25). The number of urea groups is 1. The predicted molar refractivity (Wildman–Crippen MR) is 99.0 cm³/mol. The average molecular weight is 339 g/mol. The fourth-order valence-corrected chi connectivity index (χ4v) is 2.39. The monoisotopic (exact) mass is 339 g/mol. The molecule has 2 aromatic rings. The largest absolute Gasteiger partial charge is 0.352 e. The second-order valence-corrected chi connectivity index (χ2v) is 5.80. The molecule has 0 unspecified atom stereocenters. The van der Waals surface area contributed by atoms with Gasteiger partial charge < -0.3 is 16.0 Å². The van der Waals surface area contributed by atoms with Crippen molar-refractivity contribution < 1.29 is 9.59 Å². The molecule has 0 bridgehead atoms. The molecule has 132 valence electrons. The highest BCUT2D eigenvalue weighted by atomic mass is 16.2. The fourth-order valence-electron chi connectivity index (χ4n) is 2.39. The van der Waals surface area contributed by atoms with Crippen LogP contribution in [0.25, 0.3) is 0 Å². The molecule has 0 aliphatic heterocycles. The maximum Gasteiger partial charge on any atom is 0.315 e. The summed E-state index contributed by atoms with van der Waals surface area (Å²) in [6.45, 7) is 3.38. The highest BCUT2D eigenvalue weighted by molar-refractivity contribution is 5.75. The Hall–Kier alpha value is -2.82. The first-order chi connectivity index (χ1) is 12.2. The first-order valence-corrected chi connectivity index (χ1v) is 8.57. The number of carbonyl (C=O) groups is 2. The first-order valence-electron chi connectivity index (χ1n) is 8.57. The normalized spacial score (nSPS) is 10.1. The summed E-state index contributed by atoms with van der Waals surface area (Å²) in [7, 11) is 0. The molecule has 3 N–H and O–H groups in total. The molecule has 0 aromatic heterocycles. The molecule has 0 aliphatic carbocycles. The molecule has 0 saturated carbocycles. The second kappa shape index (κ2) is 10.1. The number of nitrogens with one attached hydrogen (secondary N) is 3. The van der Waals surface area contributed by atoms with Crippen molar-refractivity contribution >= 4 is 11.9 Å². The van der Waals surface area contributed by atoms with E-state index in [0.29, 0.717) is 26.1 Å². The Morgan fingerprint density at radius 1 is 0.800 bits per heavy atom. The van der Waals surface area contributed by atoms with Gasteiger partial charge in [0.25, 0.3) is 0 Å². The lowest BCUT2D eigenvalue weighted by Gasteiger charge is -2.09. The third-order valence-corrected chi connectivity index (χ3v) is 3.80. The molecule has 0 aliphatic rings. The first kappa shape index (κ1) is 18.5. The van der Waals surface area contributed by atoms with Crippen LogP contribution in [-0.4, -0.2) is 18.5 Å². The predicted octanol–water partition coefficient (Wildman–Crippen LogP) is 2.75. The molecule has 0 spiro atoms. The average Bonchev–Trinajstić information content (AvgIpc) is 2.65. The quantitative estimate of drug-likeness (QED) is 0.692. The summed E-state index contributed by atoms with van der Waals surface area (Å²) in [4.78, 5) is 23.2. The summed E-state index contributed by atoms with van der Waals surface area (Å²) in [5.41, 5.74) is 3.22. The van der Waals surface area contributed by atoms with E-state index < -0.39 is 0 Å². The van der Waals surface area contributed by atoms with Gasteiger partial charge in [-0.05, 0) is 23.1 Å². The van der Waals surface area contributed by atoms with Gasteiger partial charge in [0.15, 0.2) is 0 Å². The molecular weight excluding hydrogens is 314 g/mol. The van der Waals surface area contributed by atoms with E-state index in [0.717, 1.165) is 17.5 Å². The summed E-state index contributed by atoms with van der Waals surface area (Å²) in [5, 5.41) is 8.55. The minimum atomic E-state index is -0.180. The Morgan fingerprint density at radius 3 is 2.12 bits per heavy atom. The van der Waals surface area contributed by atoms with E-state index in [9.17, 15) is 9.59 Å². The van der Waals surface area contributed by atoms with Crippen LogP contribution in [0.2, 0.25) is 0 Å². The van der Waals surface area contributed by atoms with Crippen molar-refractivity contribution in [3.8, 4) is 0 Å². The molecule has 0 heterocycles. The summed E-state index contributed by atoms with van der Waals surface area (Å²) >= 11 is 0. The van der Waals surface area contributed by atoms with Crippen molar-refractivity contribution in [3.63, 3.8) is 0 Å². The van der Waals surface area contributed by atoms with Crippen LogP contribution in [0.4, 0.5) is 4.79 Å². The maximum absolute atomic E-state index is 11.9. The van der Waals surface area contributed by atoms with Crippen molar-refractivity contribution in [1.82, 2.24) is 16.0 Å². The van der Waals surface area contributed by atoms with Gasteiger partial charge in [0.2, 0.25) is 5.91 Å². The van der Waals surface area contributed by atoms with Crippen molar-refractivity contribution in [2.24, 2.45) is 0 Å². The third kappa shape index (κ3) is 7.08. The van der Waals surface area contributed by atoms with Crippen molar-refractivity contribution in [2.75, 3.05) is 6.54 Å². The zero-order chi connectivity index (χ0) is 17.9. The molecule has 0 fully saturated rings. The molecule has 2 aromatic carbocycles. The van der Waals surface area contributed by atoms with E-state index in [1.165, 1.54) is 5.56 Å². The summed E-state index contributed by atoms with van der Waals surface area (Å²) < 4.78 is 0. The van der Waals surface area contributed by atoms with Crippen molar-refractivity contribution in [1.29, 1.82) is 0 Å². The lowest BCUT2D eigenvalue weighted by atomic mass is 10.1. The molecule has 0 atom stereocenters. The topological polar surface area (TPSA) is 70.2 Å². The van der Waals surface area contributed by atoms with E-state index in [2.05, 4.69) is 16.0 Å². The SMILES string of the molecule is CCC(=O)NCc1cccc(CNC(=O)NCCc2ccccc2)c1. The Morgan fingerprint density at radius 2 is 1.44 bits per heavy atom. The molecule has 5 nitrogen and oxygen atoms in total. The second-order valence-electron chi connectivity index (χ2n) is 5.80. The lowest BCUT2D eigenvalue weighted by molar-refractivity contribution is -0.120. The van der Waals surface area contributed by atoms with Gasteiger partial charge in [-0.3, -0.25) is 4.79 Å². The van der Waals surface area contributed by atoms with Crippen LogP contribution in [0.5, 0.6) is 0 Å². The lowest BCUT2D eigenvalue weighted by Crippen LogP contribution is -2.36. The molecule has 2 rings (SSSR count). The smallest absolute Gasteiger partial charge is 0.315 e. The van der Waals surface area contributed by atoms with Crippen LogP contribution in [-0.2, 0) is 24.3 Å². The Bertz CT molecular complexity index is 686. The number of carbonyl (C=O) groups excluding carboxylic acids is 2. The van der Waals surface area contributed by atoms with E-state index in [-0.39, 0.29) is 11.9 Å². The van der Waals surface area contributed by atoms with E-state index in [1.54, 1.807) is 0 Å². The Kier molecular flexibility index (Phi) is 7.50. The van der Waals surface area contributed by atoms with Crippen LogP contribution in [0.15, 0.2) is 54.6 Å². The van der Waals surface area contributed by atoms with Crippen molar-refractivity contribution in [2.45, 2.75) is 32.9 Å². The molecule has 0 radical (unpaired) electrons. The van der Waals surface area contributed by atoms with Gasteiger partial charge >= 0.3 is 6.03 Å². The van der Waals surface area contributed by atoms with Gasteiger partial charge in [0.05, 0.1) is 0 Å². The number of hydrogen-bond acceptors (Lipinski definition) is 2. The van der Waals surface area contributed by atoms with Gasteiger partial charge in [-0.1, -0.05) is 61.5 Å². The Labute approximate surface area is 148 Å². The molecule has 5 heteroatoms. The van der Waals surface area contributed by atoms with E-state index in [1.807, 2.05) is 61.5 Å². The zero-order valence-electron chi connectivity index (χ0n) is 14.5. The maximum atomic E-state index is 11.9. The van der Waals surface area contributed by atoms with Crippen LogP contribution in [0.1, 0.15) is 30.0 Å². The molecule has 3 amide bonds. The molecular formula is C20H25N3O2. The number of hydrogen-bond donors (Lipinski definition) is 3. The number of benzene rings is 2. The minimum Gasteiger partial charge on any atom is -0.352 e. The minimum absolute atomic E-state index is 0.0290. The number of amides is 3. The van der Waals surface area contributed by atoms with E-state index >= 15 is 0 Å². The van der Waals surface area contributed by atoms with Crippen LogP contribution in [0, 0.1) is 0 Å². The zero-order valence-corrected chi connectivity index (χ0v) is 14.5. The fraction of sp³-hybridized carbons (Fsp3) is 0.300. The summed E-state index contributed by atoms with van der Waals surface area (Å²) in [6.07, 6.45) is 1.28. The van der Waals surface area contributed by atoms with Gasteiger partial charge in [0.1, 0.15) is 0 Å². The van der Waals surface area contributed by atoms with Crippen LogP contribution >= 0.6 is 0 Å².